The van der Waals surface area contributed by atoms with E-state index in [4.69, 9.17) is 23.4 Å². The summed E-state index contributed by atoms with van der Waals surface area (Å²) >= 11 is 0.919. The van der Waals surface area contributed by atoms with Crippen molar-refractivity contribution in [1.82, 2.24) is 4.98 Å². The highest BCUT2D eigenvalue weighted by atomic mass is 32.1. The molecule has 0 fully saturated rings. The molecule has 44 heavy (non-hydrogen) atoms. The molecule has 2 aromatic heterocycles. The quantitative estimate of drug-likeness (QED) is 0.112. The van der Waals surface area contributed by atoms with Crippen LogP contribution in [0.25, 0.3) is 11.0 Å². The summed E-state index contributed by atoms with van der Waals surface area (Å²) in [6.07, 6.45) is 1.59. The lowest BCUT2D eigenvalue weighted by Gasteiger charge is -2.25. The molecule has 1 N–H and O–H groups in total. The lowest BCUT2D eigenvalue weighted by molar-refractivity contribution is -0.117. The second-order valence-electron chi connectivity index (χ2n) is 9.53. The van der Waals surface area contributed by atoms with E-state index in [2.05, 4.69) is 11.6 Å². The van der Waals surface area contributed by atoms with E-state index in [1.165, 1.54) is 18.1 Å². The van der Waals surface area contributed by atoms with Gasteiger partial charge in [0.15, 0.2) is 39.5 Å². The maximum Gasteiger partial charge on any atom is 0.350 e. The van der Waals surface area contributed by atoms with E-state index < -0.39 is 29.5 Å². The molecule has 2 aromatic carbocycles. The molecule has 11 nitrogen and oxygen atoms in total. The third-order valence-corrected chi connectivity index (χ3v) is 7.93. The number of para-hydroxylation sites is 1. The van der Waals surface area contributed by atoms with Crippen LogP contribution in [0.1, 0.15) is 51.4 Å². The van der Waals surface area contributed by atoms with Gasteiger partial charge in [0.25, 0.3) is 5.91 Å². The van der Waals surface area contributed by atoms with Gasteiger partial charge in [-0.1, -0.05) is 42.2 Å². The zero-order valence-electron chi connectivity index (χ0n) is 24.5. The largest absolute Gasteiger partial charge is 0.503 e. The van der Waals surface area contributed by atoms with Crippen molar-refractivity contribution in [3.63, 3.8) is 0 Å². The Labute approximate surface area is 256 Å². The fourth-order valence-corrected chi connectivity index (χ4v) is 5.88. The fourth-order valence-electron chi connectivity index (χ4n) is 4.89. The van der Waals surface area contributed by atoms with Gasteiger partial charge in [-0.2, -0.15) is 0 Å². The molecule has 4 aromatic rings. The minimum Gasteiger partial charge on any atom is -0.503 e. The topological polar surface area (TPSA) is 138 Å². The van der Waals surface area contributed by atoms with Crippen molar-refractivity contribution >= 4 is 45.1 Å². The number of anilines is 1. The number of hydrogen-bond acceptors (Lipinski definition) is 11. The standard InChI is InChI=1S/C32H30N2O9S/c1-6-14-42-20-13-12-18(15-22(20)40-7-2)25-24(26(35)23-16-19-10-9-11-21(39-5)28(19)43-23)27(36)30(37)34(25)32-33-17(4)29(44-32)31(38)41-8-3/h6,9-13,15-16,25,36H,1,7-8,14H2,2-5H3. The minimum absolute atomic E-state index is 0.0890. The van der Waals surface area contributed by atoms with Gasteiger partial charge < -0.3 is 28.5 Å². The number of furan rings is 1. The van der Waals surface area contributed by atoms with Crippen molar-refractivity contribution in [2.24, 2.45) is 0 Å². The van der Waals surface area contributed by atoms with Gasteiger partial charge in [-0.15, -0.1) is 0 Å². The van der Waals surface area contributed by atoms with Crippen molar-refractivity contribution in [2.75, 3.05) is 31.8 Å². The fraction of sp³-hybridized carbons (Fsp3) is 0.250. The normalized spacial score (nSPS) is 14.7. The van der Waals surface area contributed by atoms with Crippen LogP contribution >= 0.6 is 11.3 Å². The molecule has 0 saturated heterocycles. The molecule has 0 bridgehead atoms. The maximum absolute atomic E-state index is 14.1. The summed E-state index contributed by atoms with van der Waals surface area (Å²) in [6.45, 7) is 9.46. The predicted molar refractivity (Wildman–Crippen MR) is 163 cm³/mol. The summed E-state index contributed by atoms with van der Waals surface area (Å²) in [4.78, 5) is 46.3. The van der Waals surface area contributed by atoms with E-state index in [0.29, 0.717) is 46.1 Å². The lowest BCUT2D eigenvalue weighted by atomic mass is 9.95. The van der Waals surface area contributed by atoms with Crippen LogP contribution in [0, 0.1) is 6.92 Å². The number of methoxy groups -OCH3 is 1. The smallest absolute Gasteiger partial charge is 0.350 e. The number of nitrogens with zero attached hydrogens (tertiary/aromatic N) is 2. The summed E-state index contributed by atoms with van der Waals surface area (Å²) in [5.74, 6) is -1.87. The van der Waals surface area contributed by atoms with Crippen LogP contribution in [0.15, 0.2) is 70.9 Å². The summed E-state index contributed by atoms with van der Waals surface area (Å²) in [7, 11) is 1.48. The summed E-state index contributed by atoms with van der Waals surface area (Å²) in [5, 5.41) is 11.9. The second kappa shape index (κ2) is 12.6. The number of ketones is 1. The van der Waals surface area contributed by atoms with Crippen molar-refractivity contribution < 1.29 is 42.9 Å². The Bertz CT molecular complexity index is 1800. The molecular formula is C32H30N2O9S. The van der Waals surface area contributed by atoms with Gasteiger partial charge in [0.2, 0.25) is 5.78 Å². The van der Waals surface area contributed by atoms with Gasteiger partial charge >= 0.3 is 5.97 Å². The highest BCUT2D eigenvalue weighted by Gasteiger charge is 2.47. The third kappa shape index (κ3) is 5.39. The average Bonchev–Trinajstić information content (AvgIpc) is 3.70. The van der Waals surface area contributed by atoms with Gasteiger partial charge in [-0.25, -0.2) is 9.78 Å². The molecule has 0 spiro atoms. The molecular weight excluding hydrogens is 588 g/mol. The zero-order chi connectivity index (χ0) is 31.5. The number of aliphatic hydroxyl groups is 1. The third-order valence-electron chi connectivity index (χ3n) is 6.80. The zero-order valence-corrected chi connectivity index (χ0v) is 25.4. The van der Waals surface area contributed by atoms with Crippen molar-refractivity contribution in [2.45, 2.75) is 26.8 Å². The second-order valence-corrected chi connectivity index (χ2v) is 10.5. The summed E-state index contributed by atoms with van der Waals surface area (Å²) in [6, 6.07) is 10.5. The number of aryl methyl sites for hydroxylation is 1. The molecule has 1 atom stereocenters. The Hall–Kier alpha value is -5.10. The van der Waals surface area contributed by atoms with Crippen LogP contribution < -0.4 is 19.1 Å². The number of thiazole rings is 1. The number of ether oxygens (including phenoxy) is 4. The number of hydrogen-bond donors (Lipinski definition) is 1. The number of carbonyl (C=O) groups excluding carboxylic acids is 3. The van der Waals surface area contributed by atoms with Crippen LogP contribution in [0.4, 0.5) is 5.13 Å². The molecule has 12 heteroatoms. The van der Waals surface area contributed by atoms with Gasteiger partial charge in [0, 0.05) is 5.39 Å². The van der Waals surface area contributed by atoms with E-state index in [1.54, 1.807) is 63.2 Å². The number of benzene rings is 2. The molecule has 0 radical (unpaired) electrons. The Morgan fingerprint density at radius 2 is 1.91 bits per heavy atom. The number of carbonyl (C=O) groups is 3. The Morgan fingerprint density at radius 3 is 2.61 bits per heavy atom. The first-order valence-corrected chi connectivity index (χ1v) is 14.6. The SMILES string of the molecule is C=CCOc1ccc(C2C(C(=O)c3cc4cccc(OC)c4o3)=C(O)C(=O)N2c2nc(C)c(C(=O)OCC)s2)cc1OCC. The molecule has 228 valence electrons. The molecule has 1 aliphatic heterocycles. The van der Waals surface area contributed by atoms with Crippen LogP contribution in [0.5, 0.6) is 17.2 Å². The van der Waals surface area contributed by atoms with E-state index >= 15 is 0 Å². The Balaban J connectivity index is 1.67. The van der Waals surface area contributed by atoms with Gasteiger partial charge in [0.1, 0.15) is 11.5 Å². The maximum atomic E-state index is 14.1. The Morgan fingerprint density at radius 1 is 1.11 bits per heavy atom. The van der Waals surface area contributed by atoms with Gasteiger partial charge in [-0.3, -0.25) is 14.5 Å². The number of amides is 1. The minimum atomic E-state index is -1.17. The first kappa shape index (κ1) is 30.4. The highest BCUT2D eigenvalue weighted by molar-refractivity contribution is 7.17. The number of Topliss-reactive ketones (excluding diaryl/α,β-unsaturated/α-hetero) is 1. The molecule has 0 saturated carbocycles. The van der Waals surface area contributed by atoms with Crippen LogP contribution in [0.2, 0.25) is 0 Å². The number of aromatic nitrogens is 1. The monoisotopic (exact) mass is 618 g/mol. The van der Waals surface area contributed by atoms with E-state index in [9.17, 15) is 19.5 Å². The molecule has 1 amide bonds. The summed E-state index contributed by atoms with van der Waals surface area (Å²) < 4.78 is 28.0. The van der Waals surface area contributed by atoms with E-state index in [0.717, 1.165) is 11.3 Å². The van der Waals surface area contributed by atoms with Crippen LogP contribution in [0.3, 0.4) is 0 Å². The number of aliphatic hydroxyl groups excluding tert-OH is 1. The van der Waals surface area contributed by atoms with E-state index in [1.807, 2.05) is 0 Å². The highest BCUT2D eigenvalue weighted by Crippen LogP contribution is 2.46. The van der Waals surface area contributed by atoms with Crippen molar-refractivity contribution in [1.29, 1.82) is 0 Å². The molecule has 0 aliphatic carbocycles. The van der Waals surface area contributed by atoms with E-state index in [-0.39, 0.29) is 34.6 Å². The Kier molecular flexibility index (Phi) is 8.72. The van der Waals surface area contributed by atoms with Crippen molar-refractivity contribution in [3.8, 4) is 17.2 Å². The first-order chi connectivity index (χ1) is 21.2. The number of fused-ring (bicyclic) bond motifs is 1. The lowest BCUT2D eigenvalue weighted by Crippen LogP contribution is -2.31. The average molecular weight is 619 g/mol. The molecule has 5 rings (SSSR count). The van der Waals surface area contributed by atoms with Gasteiger partial charge in [0.05, 0.1) is 37.6 Å². The van der Waals surface area contributed by atoms with Gasteiger partial charge in [-0.05, 0) is 50.6 Å². The van der Waals surface area contributed by atoms with Crippen molar-refractivity contribution in [3.05, 3.63) is 88.3 Å². The van der Waals surface area contributed by atoms with Crippen LogP contribution in [-0.2, 0) is 9.53 Å². The molecule has 1 aliphatic rings. The molecule has 3 heterocycles. The number of rotatable bonds is 12. The van der Waals surface area contributed by atoms with Crippen LogP contribution in [-0.4, -0.2) is 54.7 Å². The molecule has 1 unspecified atom stereocenters. The summed E-state index contributed by atoms with van der Waals surface area (Å²) in [5.41, 5.74) is 0.857. The number of esters is 1. The first-order valence-electron chi connectivity index (χ1n) is 13.8. The predicted octanol–water partition coefficient (Wildman–Crippen LogP) is 6.13.